The average molecular weight is 218 g/mol. The highest BCUT2D eigenvalue weighted by molar-refractivity contribution is 5.79. The second-order valence-corrected chi connectivity index (χ2v) is 3.67. The van der Waals surface area contributed by atoms with Gasteiger partial charge < -0.3 is 9.64 Å². The van der Waals surface area contributed by atoms with Gasteiger partial charge in [-0.15, -0.1) is 0 Å². The van der Waals surface area contributed by atoms with Crippen LogP contribution in [-0.4, -0.2) is 38.4 Å². The van der Waals surface area contributed by atoms with Crippen molar-refractivity contribution in [2.45, 2.75) is 0 Å². The number of ether oxygens (including phenoxy) is 1. The van der Waals surface area contributed by atoms with Crippen LogP contribution in [0.5, 0.6) is 0 Å². The molecule has 0 heterocycles. The highest BCUT2D eigenvalue weighted by Crippen LogP contribution is 2.05. The molecule has 0 atom stereocenters. The Morgan fingerprint density at radius 3 is 2.62 bits per heavy atom. The molecule has 1 radical (unpaired) electrons. The summed E-state index contributed by atoms with van der Waals surface area (Å²) in [6.07, 6.45) is 3.48. The molecule has 1 rings (SSSR count). The summed E-state index contributed by atoms with van der Waals surface area (Å²) < 4.78 is 5.30. The first-order chi connectivity index (χ1) is 7.72. The maximum Gasteiger partial charge on any atom is 0.271 e. The molecule has 0 aliphatic carbocycles. The zero-order chi connectivity index (χ0) is 11.8. The van der Waals surface area contributed by atoms with E-state index in [-0.39, 0.29) is 5.76 Å². The van der Waals surface area contributed by atoms with E-state index in [1.165, 1.54) is 0 Å². The van der Waals surface area contributed by atoms with Crippen LogP contribution in [0.3, 0.4) is 0 Å². The molecule has 0 aliphatic rings. The third-order valence-corrected chi connectivity index (χ3v) is 1.99. The van der Waals surface area contributed by atoms with Crippen molar-refractivity contribution < 1.29 is 9.53 Å². The van der Waals surface area contributed by atoms with Crippen molar-refractivity contribution in [2.24, 2.45) is 0 Å². The molecule has 0 saturated carbocycles. The van der Waals surface area contributed by atoms with Gasteiger partial charge in [0.25, 0.3) is 6.29 Å². The first-order valence-electron chi connectivity index (χ1n) is 5.15. The Hall–Kier alpha value is -1.61. The highest BCUT2D eigenvalue weighted by Gasteiger charge is 1.98. The van der Waals surface area contributed by atoms with E-state index >= 15 is 0 Å². The van der Waals surface area contributed by atoms with Gasteiger partial charge in [-0.1, -0.05) is 30.3 Å². The lowest BCUT2D eigenvalue weighted by atomic mass is 10.2. The number of rotatable bonds is 6. The van der Waals surface area contributed by atoms with Gasteiger partial charge in [-0.2, -0.15) is 0 Å². The summed E-state index contributed by atoms with van der Waals surface area (Å²) in [5.74, 6) is 0.244. The average Bonchev–Trinajstić information content (AvgIpc) is 2.28. The van der Waals surface area contributed by atoms with Gasteiger partial charge in [-0.25, -0.2) is 0 Å². The van der Waals surface area contributed by atoms with Gasteiger partial charge in [0, 0.05) is 6.54 Å². The second-order valence-electron chi connectivity index (χ2n) is 3.67. The van der Waals surface area contributed by atoms with E-state index in [1.54, 1.807) is 12.4 Å². The van der Waals surface area contributed by atoms with E-state index in [2.05, 4.69) is 0 Å². The van der Waals surface area contributed by atoms with E-state index in [0.717, 1.165) is 12.1 Å². The van der Waals surface area contributed by atoms with Crippen molar-refractivity contribution in [3.8, 4) is 0 Å². The minimum atomic E-state index is 0.244. The Balaban J connectivity index is 2.54. The minimum absolute atomic E-state index is 0.244. The fourth-order valence-corrected chi connectivity index (χ4v) is 1.14. The van der Waals surface area contributed by atoms with Crippen molar-refractivity contribution in [2.75, 3.05) is 27.2 Å². The molecule has 0 bridgehead atoms. The molecule has 1 aromatic rings. The van der Waals surface area contributed by atoms with Crippen molar-refractivity contribution in [3.05, 3.63) is 41.7 Å². The number of carbonyl (C=O) groups excluding carboxylic acids is 1. The Morgan fingerprint density at radius 1 is 1.38 bits per heavy atom. The van der Waals surface area contributed by atoms with Crippen molar-refractivity contribution in [3.63, 3.8) is 0 Å². The fraction of sp³-hybridized carbons (Fsp3) is 0.308. The molecule has 0 aliphatic heterocycles. The molecule has 0 aromatic heterocycles. The SMILES string of the molecule is CN(C)CCOC([C]=O)=Cc1ccccc1. The Morgan fingerprint density at radius 2 is 2.06 bits per heavy atom. The molecule has 3 heteroatoms. The number of allylic oxidation sites excluding steroid dienone is 1. The van der Waals surface area contributed by atoms with Gasteiger partial charge >= 0.3 is 0 Å². The van der Waals surface area contributed by atoms with Crippen LogP contribution in [-0.2, 0) is 9.53 Å². The first-order valence-corrected chi connectivity index (χ1v) is 5.15. The molecule has 3 nitrogen and oxygen atoms in total. The third kappa shape index (κ3) is 4.75. The van der Waals surface area contributed by atoms with Crippen molar-refractivity contribution in [1.82, 2.24) is 4.90 Å². The molecule has 85 valence electrons. The molecule has 0 fully saturated rings. The van der Waals surface area contributed by atoms with E-state index in [0.29, 0.717) is 6.61 Å². The number of likely N-dealkylation sites (N-methyl/N-ethyl adjacent to an activating group) is 1. The third-order valence-electron chi connectivity index (χ3n) is 1.99. The summed E-state index contributed by atoms with van der Waals surface area (Å²) in [5, 5.41) is 0. The second kappa shape index (κ2) is 6.80. The van der Waals surface area contributed by atoms with E-state index < -0.39 is 0 Å². The fourth-order valence-electron chi connectivity index (χ4n) is 1.14. The lowest BCUT2D eigenvalue weighted by Gasteiger charge is -2.10. The Bertz CT molecular complexity index is 344. The molecule has 1 aromatic carbocycles. The summed E-state index contributed by atoms with van der Waals surface area (Å²) >= 11 is 0. The lowest BCUT2D eigenvalue weighted by Crippen LogP contribution is -2.18. The number of nitrogens with zero attached hydrogens (tertiary/aromatic N) is 1. The molecule has 16 heavy (non-hydrogen) atoms. The van der Waals surface area contributed by atoms with Crippen LogP contribution >= 0.6 is 0 Å². The van der Waals surface area contributed by atoms with Crippen LogP contribution in [0.1, 0.15) is 5.56 Å². The number of benzene rings is 1. The van der Waals surface area contributed by atoms with Crippen LogP contribution in [0.4, 0.5) is 0 Å². The smallest absolute Gasteiger partial charge is 0.271 e. The zero-order valence-electron chi connectivity index (χ0n) is 9.64. The topological polar surface area (TPSA) is 29.5 Å². The highest BCUT2D eigenvalue weighted by atomic mass is 16.5. The molecular weight excluding hydrogens is 202 g/mol. The van der Waals surface area contributed by atoms with Crippen LogP contribution in [0.15, 0.2) is 36.1 Å². The Kier molecular flexibility index (Phi) is 5.29. The summed E-state index contributed by atoms with van der Waals surface area (Å²) in [6, 6.07) is 9.57. The first kappa shape index (κ1) is 12.5. The minimum Gasteiger partial charge on any atom is -0.488 e. The summed E-state index contributed by atoms with van der Waals surface area (Å²) in [5.41, 5.74) is 0.936. The predicted molar refractivity (Wildman–Crippen MR) is 64.6 cm³/mol. The maximum absolute atomic E-state index is 10.7. The quantitative estimate of drug-likeness (QED) is 0.538. The number of hydrogen-bond acceptors (Lipinski definition) is 3. The standard InChI is InChI=1S/C13H16NO2/c1-14(2)8-9-16-13(11-15)10-12-6-4-3-5-7-12/h3-7,10H,8-9H2,1-2H3. The van der Waals surface area contributed by atoms with Crippen molar-refractivity contribution in [1.29, 1.82) is 0 Å². The van der Waals surface area contributed by atoms with Gasteiger partial charge in [0.2, 0.25) is 0 Å². The number of hydrogen-bond donors (Lipinski definition) is 0. The van der Waals surface area contributed by atoms with E-state index in [1.807, 2.05) is 49.3 Å². The van der Waals surface area contributed by atoms with Gasteiger partial charge in [-0.3, -0.25) is 4.79 Å². The van der Waals surface area contributed by atoms with Gasteiger partial charge in [-0.05, 0) is 25.7 Å². The lowest BCUT2D eigenvalue weighted by molar-refractivity contribution is 0.198. The maximum atomic E-state index is 10.7. The molecule has 0 unspecified atom stereocenters. The van der Waals surface area contributed by atoms with E-state index in [4.69, 9.17) is 4.74 Å². The molecule has 0 N–H and O–H groups in total. The van der Waals surface area contributed by atoms with Gasteiger partial charge in [0.15, 0.2) is 5.76 Å². The largest absolute Gasteiger partial charge is 0.488 e. The molecule has 0 saturated heterocycles. The summed E-state index contributed by atoms with van der Waals surface area (Å²) in [4.78, 5) is 12.6. The van der Waals surface area contributed by atoms with Crippen LogP contribution < -0.4 is 0 Å². The van der Waals surface area contributed by atoms with Gasteiger partial charge in [0.1, 0.15) is 6.61 Å². The monoisotopic (exact) mass is 218 g/mol. The molecule has 0 spiro atoms. The molecule has 0 amide bonds. The normalized spacial score (nSPS) is 11.6. The molecular formula is C13H16NO2. The van der Waals surface area contributed by atoms with Crippen LogP contribution in [0, 0.1) is 0 Å². The predicted octanol–water partition coefficient (Wildman–Crippen LogP) is 1.72. The van der Waals surface area contributed by atoms with Crippen LogP contribution in [0.2, 0.25) is 0 Å². The summed E-state index contributed by atoms with van der Waals surface area (Å²) in [7, 11) is 3.91. The van der Waals surface area contributed by atoms with Crippen LogP contribution in [0.25, 0.3) is 6.08 Å². The Labute approximate surface area is 96.3 Å². The zero-order valence-corrected chi connectivity index (χ0v) is 9.64. The summed E-state index contributed by atoms with van der Waals surface area (Å²) in [6.45, 7) is 1.26. The van der Waals surface area contributed by atoms with Crippen molar-refractivity contribution >= 4 is 12.4 Å². The van der Waals surface area contributed by atoms with E-state index in [9.17, 15) is 4.79 Å². The van der Waals surface area contributed by atoms with Gasteiger partial charge in [0.05, 0.1) is 0 Å².